The minimum atomic E-state index is -0.307. The van der Waals surface area contributed by atoms with Crippen molar-refractivity contribution in [3.63, 3.8) is 0 Å². The molecule has 0 fully saturated rings. The van der Waals surface area contributed by atoms with E-state index in [0.29, 0.717) is 29.2 Å². The van der Waals surface area contributed by atoms with Crippen LogP contribution in [0.3, 0.4) is 0 Å². The number of fused-ring (bicyclic) bond motifs is 1. The van der Waals surface area contributed by atoms with E-state index in [2.05, 4.69) is 25.6 Å². The van der Waals surface area contributed by atoms with Crippen molar-refractivity contribution in [2.75, 3.05) is 0 Å². The Balaban J connectivity index is 1.75. The maximum Gasteiger partial charge on any atom is 0.281 e. The predicted octanol–water partition coefficient (Wildman–Crippen LogP) is 0.971. The Kier molecular flexibility index (Phi) is 3.38. The summed E-state index contributed by atoms with van der Waals surface area (Å²) in [6, 6.07) is 9.44. The van der Waals surface area contributed by atoms with Crippen molar-refractivity contribution >= 4 is 11.0 Å². The van der Waals surface area contributed by atoms with E-state index >= 15 is 0 Å². The molecule has 9 heteroatoms. The molecule has 0 spiro atoms. The van der Waals surface area contributed by atoms with Gasteiger partial charge in [-0.25, -0.2) is 9.36 Å². The first-order valence-corrected chi connectivity index (χ1v) is 7.44. The van der Waals surface area contributed by atoms with Crippen LogP contribution in [0, 0.1) is 0 Å². The molecule has 4 aromatic rings. The molecule has 0 atom stereocenters. The third-order valence-corrected chi connectivity index (χ3v) is 3.55. The van der Waals surface area contributed by atoms with Crippen LogP contribution < -0.4 is 5.56 Å². The molecule has 0 saturated carbocycles. The van der Waals surface area contributed by atoms with Gasteiger partial charge in [0, 0.05) is 6.42 Å². The van der Waals surface area contributed by atoms with Gasteiger partial charge >= 0.3 is 0 Å². The number of benzene rings is 1. The van der Waals surface area contributed by atoms with Crippen molar-refractivity contribution in [2.24, 2.45) is 0 Å². The Morgan fingerprint density at radius 1 is 1.08 bits per heavy atom. The lowest BCUT2D eigenvalue weighted by Gasteiger charge is -2.03. The first kappa shape index (κ1) is 14.2. The summed E-state index contributed by atoms with van der Waals surface area (Å²) in [6.45, 7) is 1.98. The third kappa shape index (κ3) is 2.35. The molecule has 0 N–H and O–H groups in total. The molecule has 0 saturated heterocycles. The Bertz CT molecular complexity index is 1050. The summed E-state index contributed by atoms with van der Waals surface area (Å²) in [6.07, 6.45) is 2.12. The Hall–Kier alpha value is -3.36. The van der Waals surface area contributed by atoms with Crippen molar-refractivity contribution in [2.45, 2.75) is 19.9 Å². The molecule has 0 radical (unpaired) electrons. The van der Waals surface area contributed by atoms with E-state index in [0.717, 1.165) is 5.69 Å². The fourth-order valence-corrected chi connectivity index (χ4v) is 2.35. The van der Waals surface area contributed by atoms with Gasteiger partial charge in [0.1, 0.15) is 11.9 Å². The Morgan fingerprint density at radius 3 is 2.62 bits per heavy atom. The number of hydrogen-bond donors (Lipinski definition) is 0. The summed E-state index contributed by atoms with van der Waals surface area (Å²) in [7, 11) is 0. The molecule has 0 amide bonds. The SMILES string of the molecule is CCc1nnc(Cn2nnc3c(cnn3-c3ccccc3)c2=O)o1. The zero-order chi connectivity index (χ0) is 16.5. The van der Waals surface area contributed by atoms with Crippen LogP contribution in [0.5, 0.6) is 0 Å². The van der Waals surface area contributed by atoms with Crippen LogP contribution in [-0.2, 0) is 13.0 Å². The van der Waals surface area contributed by atoms with Gasteiger partial charge in [-0.1, -0.05) is 30.3 Å². The zero-order valence-electron chi connectivity index (χ0n) is 12.8. The number of rotatable bonds is 4. The van der Waals surface area contributed by atoms with Gasteiger partial charge in [0.25, 0.3) is 5.56 Å². The average Bonchev–Trinajstić information content (AvgIpc) is 3.25. The summed E-state index contributed by atoms with van der Waals surface area (Å²) in [5.74, 6) is 0.835. The maximum absolute atomic E-state index is 12.6. The van der Waals surface area contributed by atoms with Crippen LogP contribution in [0.4, 0.5) is 0 Å². The highest BCUT2D eigenvalue weighted by Crippen LogP contribution is 2.12. The molecule has 0 aliphatic carbocycles. The van der Waals surface area contributed by atoms with Crippen molar-refractivity contribution in [1.29, 1.82) is 0 Å². The van der Waals surface area contributed by atoms with E-state index in [1.54, 1.807) is 4.68 Å². The zero-order valence-corrected chi connectivity index (χ0v) is 12.8. The van der Waals surface area contributed by atoms with Gasteiger partial charge in [0.2, 0.25) is 11.8 Å². The molecule has 3 aromatic heterocycles. The monoisotopic (exact) mass is 323 g/mol. The standard InChI is InChI=1S/C15H13N7O2/c1-2-12-17-18-13(24-12)9-21-15(23)11-8-16-22(14(11)19-20-21)10-6-4-3-5-7-10/h3-8H,2,9H2,1H3. The lowest BCUT2D eigenvalue weighted by Crippen LogP contribution is -2.25. The van der Waals surface area contributed by atoms with E-state index in [-0.39, 0.29) is 12.1 Å². The smallest absolute Gasteiger partial charge is 0.281 e. The highest BCUT2D eigenvalue weighted by atomic mass is 16.4. The largest absolute Gasteiger partial charge is 0.423 e. The lowest BCUT2D eigenvalue weighted by molar-refractivity contribution is 0.423. The highest BCUT2D eigenvalue weighted by molar-refractivity contribution is 5.74. The number of aryl methyl sites for hydroxylation is 1. The van der Waals surface area contributed by atoms with Gasteiger partial charge < -0.3 is 4.42 Å². The van der Waals surface area contributed by atoms with E-state index < -0.39 is 0 Å². The van der Waals surface area contributed by atoms with Crippen LogP contribution >= 0.6 is 0 Å². The minimum Gasteiger partial charge on any atom is -0.423 e. The van der Waals surface area contributed by atoms with Gasteiger partial charge in [0.15, 0.2) is 5.65 Å². The van der Waals surface area contributed by atoms with Crippen molar-refractivity contribution in [3.05, 3.63) is 58.7 Å². The molecule has 0 unspecified atom stereocenters. The van der Waals surface area contributed by atoms with Crippen LogP contribution in [0.1, 0.15) is 18.7 Å². The Morgan fingerprint density at radius 2 is 1.88 bits per heavy atom. The first-order chi connectivity index (χ1) is 11.8. The predicted molar refractivity (Wildman–Crippen MR) is 83.7 cm³/mol. The van der Waals surface area contributed by atoms with Crippen LogP contribution in [0.25, 0.3) is 16.7 Å². The number of nitrogens with zero attached hydrogens (tertiary/aromatic N) is 7. The average molecular weight is 323 g/mol. The van der Waals surface area contributed by atoms with Crippen LogP contribution in [0.2, 0.25) is 0 Å². The minimum absolute atomic E-state index is 0.0747. The normalized spacial score (nSPS) is 11.2. The number of aromatic nitrogens is 7. The molecule has 24 heavy (non-hydrogen) atoms. The number of hydrogen-bond acceptors (Lipinski definition) is 7. The van der Waals surface area contributed by atoms with Crippen LogP contribution in [0.15, 0.2) is 45.7 Å². The summed E-state index contributed by atoms with van der Waals surface area (Å²) in [4.78, 5) is 12.6. The molecular formula is C15H13N7O2. The maximum atomic E-state index is 12.6. The molecule has 0 aliphatic heterocycles. The fourth-order valence-electron chi connectivity index (χ4n) is 2.35. The van der Waals surface area contributed by atoms with E-state index in [4.69, 9.17) is 4.42 Å². The van der Waals surface area contributed by atoms with Crippen molar-refractivity contribution in [1.82, 2.24) is 35.0 Å². The van der Waals surface area contributed by atoms with E-state index in [1.807, 2.05) is 37.3 Å². The van der Waals surface area contributed by atoms with Gasteiger partial charge in [-0.05, 0) is 12.1 Å². The molecule has 120 valence electrons. The molecule has 3 heterocycles. The molecule has 9 nitrogen and oxygen atoms in total. The van der Waals surface area contributed by atoms with Crippen LogP contribution in [-0.4, -0.2) is 35.0 Å². The van der Waals surface area contributed by atoms with Crippen molar-refractivity contribution < 1.29 is 4.42 Å². The molecule has 0 bridgehead atoms. The van der Waals surface area contributed by atoms with Gasteiger partial charge in [0.05, 0.1) is 11.9 Å². The van der Waals surface area contributed by atoms with E-state index in [1.165, 1.54) is 10.9 Å². The second kappa shape index (κ2) is 5.69. The summed E-state index contributed by atoms with van der Waals surface area (Å²) in [5.41, 5.74) is 0.907. The number of para-hydroxylation sites is 1. The van der Waals surface area contributed by atoms with Gasteiger partial charge in [-0.2, -0.15) is 5.10 Å². The topological polar surface area (TPSA) is 105 Å². The summed E-state index contributed by atoms with van der Waals surface area (Å²) < 4.78 is 8.17. The van der Waals surface area contributed by atoms with Crippen molar-refractivity contribution in [3.8, 4) is 5.69 Å². The second-order valence-electron chi connectivity index (χ2n) is 5.12. The summed E-state index contributed by atoms with van der Waals surface area (Å²) in [5, 5.41) is 20.5. The van der Waals surface area contributed by atoms with E-state index in [9.17, 15) is 4.79 Å². The first-order valence-electron chi connectivity index (χ1n) is 7.44. The highest BCUT2D eigenvalue weighted by Gasteiger charge is 2.14. The molecule has 1 aromatic carbocycles. The third-order valence-electron chi connectivity index (χ3n) is 3.55. The lowest BCUT2D eigenvalue weighted by atomic mass is 10.3. The summed E-state index contributed by atoms with van der Waals surface area (Å²) >= 11 is 0. The molecular weight excluding hydrogens is 310 g/mol. The van der Waals surface area contributed by atoms with Gasteiger partial charge in [-0.15, -0.1) is 15.3 Å². The quantitative estimate of drug-likeness (QED) is 0.551. The second-order valence-corrected chi connectivity index (χ2v) is 5.12. The van der Waals surface area contributed by atoms with Gasteiger partial charge in [-0.3, -0.25) is 4.79 Å². The molecule has 0 aliphatic rings. The molecule has 4 rings (SSSR count). The Labute approximate surface area is 135 Å². The fraction of sp³-hybridized carbons (Fsp3) is 0.200.